The van der Waals surface area contributed by atoms with Gasteiger partial charge in [-0.05, 0) is 37.5 Å². The normalized spacial score (nSPS) is 20.0. The standard InChI is InChI=1S/C19H27N5/c1-15-10-19-21-13-17(14-24(19)22-15)12-20-11-16-4-6-18(7-5-16)23-8-2-3-9-23/h4-7,10,17,20-21H,2-3,8-9,11-14H2,1H3. The van der Waals surface area contributed by atoms with Gasteiger partial charge in [0.15, 0.2) is 0 Å². The van der Waals surface area contributed by atoms with Crippen molar-refractivity contribution in [3.05, 3.63) is 41.6 Å². The summed E-state index contributed by atoms with van der Waals surface area (Å²) in [4.78, 5) is 2.48. The first-order chi connectivity index (χ1) is 11.8. The van der Waals surface area contributed by atoms with Gasteiger partial charge in [-0.3, -0.25) is 0 Å². The average Bonchev–Trinajstić information content (AvgIpc) is 3.24. The molecular weight excluding hydrogens is 298 g/mol. The Balaban J connectivity index is 1.25. The Morgan fingerprint density at radius 1 is 1.21 bits per heavy atom. The minimum Gasteiger partial charge on any atom is -0.372 e. The molecule has 128 valence electrons. The highest BCUT2D eigenvalue weighted by atomic mass is 15.3. The fourth-order valence-corrected chi connectivity index (χ4v) is 3.74. The molecular formula is C19H27N5. The zero-order valence-corrected chi connectivity index (χ0v) is 14.5. The SMILES string of the molecule is Cc1cc2n(n1)CC(CNCc1ccc(N3CCCC3)cc1)CN2. The lowest BCUT2D eigenvalue weighted by Gasteiger charge is -2.25. The van der Waals surface area contributed by atoms with Crippen molar-refractivity contribution in [2.75, 3.05) is 36.4 Å². The van der Waals surface area contributed by atoms with Crippen LogP contribution in [0.3, 0.4) is 0 Å². The number of hydrogen-bond acceptors (Lipinski definition) is 4. The number of anilines is 2. The predicted octanol–water partition coefficient (Wildman–Crippen LogP) is 2.62. The summed E-state index contributed by atoms with van der Waals surface area (Å²) in [5, 5.41) is 11.6. The Kier molecular flexibility index (Phi) is 4.43. The molecule has 24 heavy (non-hydrogen) atoms. The van der Waals surface area contributed by atoms with Crippen LogP contribution in [0.25, 0.3) is 0 Å². The Hall–Kier alpha value is -2.01. The van der Waals surface area contributed by atoms with Crippen LogP contribution in [0, 0.1) is 12.8 Å². The first-order valence-electron chi connectivity index (χ1n) is 9.11. The van der Waals surface area contributed by atoms with Crippen LogP contribution in [-0.4, -0.2) is 36.0 Å². The van der Waals surface area contributed by atoms with Crippen molar-refractivity contribution in [2.45, 2.75) is 32.9 Å². The van der Waals surface area contributed by atoms with E-state index in [2.05, 4.69) is 55.6 Å². The van der Waals surface area contributed by atoms with E-state index in [1.54, 1.807) is 0 Å². The molecule has 1 fully saturated rings. The van der Waals surface area contributed by atoms with Gasteiger partial charge >= 0.3 is 0 Å². The molecule has 1 aromatic carbocycles. The van der Waals surface area contributed by atoms with Crippen LogP contribution >= 0.6 is 0 Å². The number of benzene rings is 1. The monoisotopic (exact) mass is 325 g/mol. The number of rotatable bonds is 5. The summed E-state index contributed by atoms with van der Waals surface area (Å²) in [7, 11) is 0. The van der Waals surface area contributed by atoms with Crippen LogP contribution in [0.5, 0.6) is 0 Å². The van der Waals surface area contributed by atoms with Gasteiger partial charge in [0, 0.05) is 56.9 Å². The molecule has 5 nitrogen and oxygen atoms in total. The molecule has 5 heteroatoms. The number of nitrogens with one attached hydrogen (secondary N) is 2. The second-order valence-electron chi connectivity index (χ2n) is 7.09. The van der Waals surface area contributed by atoms with E-state index in [4.69, 9.17) is 0 Å². The summed E-state index contributed by atoms with van der Waals surface area (Å²) in [6.45, 7) is 8.43. The molecule has 1 aromatic heterocycles. The summed E-state index contributed by atoms with van der Waals surface area (Å²) in [6, 6.07) is 11.2. The third kappa shape index (κ3) is 3.41. The summed E-state index contributed by atoms with van der Waals surface area (Å²) in [6.07, 6.45) is 2.66. The first kappa shape index (κ1) is 15.5. The molecule has 2 aliphatic heterocycles. The van der Waals surface area contributed by atoms with Crippen LogP contribution in [-0.2, 0) is 13.1 Å². The van der Waals surface area contributed by atoms with Crippen molar-refractivity contribution in [3.63, 3.8) is 0 Å². The van der Waals surface area contributed by atoms with Gasteiger partial charge < -0.3 is 15.5 Å². The van der Waals surface area contributed by atoms with Crippen molar-refractivity contribution in [3.8, 4) is 0 Å². The molecule has 1 atom stereocenters. The van der Waals surface area contributed by atoms with Gasteiger partial charge in [0.25, 0.3) is 0 Å². The molecule has 0 amide bonds. The van der Waals surface area contributed by atoms with Crippen LogP contribution in [0.1, 0.15) is 24.1 Å². The van der Waals surface area contributed by atoms with E-state index in [9.17, 15) is 0 Å². The fourth-order valence-electron chi connectivity index (χ4n) is 3.74. The molecule has 2 aromatic rings. The molecule has 2 aliphatic rings. The third-order valence-corrected chi connectivity index (χ3v) is 5.07. The van der Waals surface area contributed by atoms with E-state index in [1.807, 2.05) is 6.92 Å². The van der Waals surface area contributed by atoms with Gasteiger partial charge in [-0.15, -0.1) is 0 Å². The van der Waals surface area contributed by atoms with Crippen LogP contribution in [0.15, 0.2) is 30.3 Å². The lowest BCUT2D eigenvalue weighted by atomic mass is 10.1. The highest BCUT2D eigenvalue weighted by molar-refractivity contribution is 5.48. The van der Waals surface area contributed by atoms with Gasteiger partial charge in [0.05, 0.1) is 5.69 Å². The molecule has 0 bridgehead atoms. The molecule has 4 rings (SSSR count). The Labute approximate surface area is 144 Å². The van der Waals surface area contributed by atoms with Gasteiger partial charge in [0.1, 0.15) is 5.82 Å². The fraction of sp³-hybridized carbons (Fsp3) is 0.526. The van der Waals surface area contributed by atoms with Crippen LogP contribution < -0.4 is 15.5 Å². The second kappa shape index (κ2) is 6.85. The summed E-state index contributed by atoms with van der Waals surface area (Å²) in [5.41, 5.74) is 3.82. The highest BCUT2D eigenvalue weighted by Crippen LogP contribution is 2.21. The lowest BCUT2D eigenvalue weighted by Crippen LogP contribution is -2.35. The Bertz CT molecular complexity index is 670. The van der Waals surface area contributed by atoms with E-state index < -0.39 is 0 Å². The lowest BCUT2D eigenvalue weighted by molar-refractivity contribution is 0.390. The third-order valence-electron chi connectivity index (χ3n) is 5.07. The van der Waals surface area contributed by atoms with Crippen molar-refractivity contribution >= 4 is 11.5 Å². The highest BCUT2D eigenvalue weighted by Gasteiger charge is 2.18. The van der Waals surface area contributed by atoms with E-state index in [-0.39, 0.29) is 0 Å². The van der Waals surface area contributed by atoms with Crippen LogP contribution in [0.2, 0.25) is 0 Å². The molecule has 0 aliphatic carbocycles. The van der Waals surface area contributed by atoms with Crippen molar-refractivity contribution in [1.82, 2.24) is 15.1 Å². The zero-order chi connectivity index (χ0) is 16.4. The molecule has 0 radical (unpaired) electrons. The smallest absolute Gasteiger partial charge is 0.124 e. The minimum atomic E-state index is 0.584. The Morgan fingerprint density at radius 3 is 2.79 bits per heavy atom. The van der Waals surface area contributed by atoms with Gasteiger partial charge in [-0.25, -0.2) is 4.68 Å². The molecule has 3 heterocycles. The van der Waals surface area contributed by atoms with E-state index in [0.717, 1.165) is 37.7 Å². The number of aryl methyl sites for hydroxylation is 1. The topological polar surface area (TPSA) is 45.1 Å². The quantitative estimate of drug-likeness (QED) is 0.887. The summed E-state index contributed by atoms with van der Waals surface area (Å²) >= 11 is 0. The van der Waals surface area contributed by atoms with Gasteiger partial charge in [0.2, 0.25) is 0 Å². The largest absolute Gasteiger partial charge is 0.372 e. The van der Waals surface area contributed by atoms with E-state index >= 15 is 0 Å². The van der Waals surface area contributed by atoms with Gasteiger partial charge in [-0.2, -0.15) is 5.10 Å². The minimum absolute atomic E-state index is 0.584. The molecule has 0 spiro atoms. The maximum Gasteiger partial charge on any atom is 0.124 e. The maximum absolute atomic E-state index is 4.54. The number of hydrogen-bond donors (Lipinski definition) is 2. The van der Waals surface area contributed by atoms with E-state index in [0.29, 0.717) is 5.92 Å². The predicted molar refractivity (Wildman–Crippen MR) is 98.5 cm³/mol. The average molecular weight is 325 g/mol. The van der Waals surface area contributed by atoms with E-state index in [1.165, 1.54) is 37.2 Å². The molecule has 2 N–H and O–H groups in total. The van der Waals surface area contributed by atoms with Crippen LogP contribution in [0.4, 0.5) is 11.5 Å². The maximum atomic E-state index is 4.54. The number of aromatic nitrogens is 2. The molecule has 1 saturated heterocycles. The Morgan fingerprint density at radius 2 is 2.00 bits per heavy atom. The van der Waals surface area contributed by atoms with Gasteiger partial charge in [-0.1, -0.05) is 12.1 Å². The zero-order valence-electron chi connectivity index (χ0n) is 14.5. The summed E-state index contributed by atoms with van der Waals surface area (Å²) < 4.78 is 2.09. The van der Waals surface area contributed by atoms with Crippen molar-refractivity contribution in [1.29, 1.82) is 0 Å². The molecule has 1 unspecified atom stereocenters. The van der Waals surface area contributed by atoms with Crippen molar-refractivity contribution in [2.24, 2.45) is 5.92 Å². The number of fused-ring (bicyclic) bond motifs is 1. The molecule has 0 saturated carbocycles. The van der Waals surface area contributed by atoms with Crippen molar-refractivity contribution < 1.29 is 0 Å². The number of nitrogens with zero attached hydrogens (tertiary/aromatic N) is 3. The summed E-state index contributed by atoms with van der Waals surface area (Å²) in [5.74, 6) is 1.74. The second-order valence-corrected chi connectivity index (χ2v) is 7.09. The first-order valence-corrected chi connectivity index (χ1v) is 9.11.